The fourth-order valence-corrected chi connectivity index (χ4v) is 3.21. The van der Waals surface area contributed by atoms with E-state index in [1.54, 1.807) is 12.1 Å². The molecule has 0 unspecified atom stereocenters. The van der Waals surface area contributed by atoms with Crippen LogP contribution in [0.15, 0.2) is 30.0 Å². The van der Waals surface area contributed by atoms with Crippen molar-refractivity contribution < 1.29 is 54.5 Å². The van der Waals surface area contributed by atoms with E-state index in [-0.39, 0.29) is 47.0 Å². The number of aliphatic hydroxyl groups excluding tert-OH is 1. The molecule has 7 heteroatoms. The number of aromatic hydroxyl groups is 1. The van der Waals surface area contributed by atoms with Gasteiger partial charge in [-0.1, -0.05) is 12.1 Å². The van der Waals surface area contributed by atoms with Crippen LogP contribution in [0.5, 0.6) is 5.75 Å². The van der Waals surface area contributed by atoms with Crippen molar-refractivity contribution in [1.82, 2.24) is 4.90 Å². The van der Waals surface area contributed by atoms with Crippen molar-refractivity contribution in [3.63, 3.8) is 0 Å². The first-order valence-electron chi connectivity index (χ1n) is 6.67. The summed E-state index contributed by atoms with van der Waals surface area (Å²) in [6.07, 6.45) is -0.501. The van der Waals surface area contributed by atoms with Crippen LogP contribution in [0.3, 0.4) is 0 Å². The third-order valence-corrected chi connectivity index (χ3v) is 4.12. The smallest absolute Gasteiger partial charge is 0.543 e. The molecule has 3 atom stereocenters. The topological polar surface area (TPSA) is 101 Å². The molecular weight excluding hydrogens is 297 g/mol. The quantitative estimate of drug-likeness (QED) is 0.445. The summed E-state index contributed by atoms with van der Waals surface area (Å²) in [5, 5.41) is 30.6. The molecule has 6 nitrogen and oxygen atoms in total. The standard InChI is InChI=1S/C15H15NO5.Na/c1-7(17)12-11-6-10(8-3-2-4-9(18)5-8)13(15(20)21)16(11)14(12)19;/h2-5,7,11-12,17-18H,6H2,1H3,(H,20,21);/q;+1/p-1/t7-,11-,12-;/m1./s1. The second kappa shape index (κ2) is 6.04. The normalized spacial score (nSPS) is 24.5. The number of phenols is 1. The number of phenolic OH excluding ortho intramolecular Hbond substituents is 1. The summed E-state index contributed by atoms with van der Waals surface area (Å²) in [5.74, 6) is -2.39. The second-order valence-electron chi connectivity index (χ2n) is 5.41. The maximum Gasteiger partial charge on any atom is 1.00 e. The Morgan fingerprint density at radius 1 is 1.45 bits per heavy atom. The largest absolute Gasteiger partial charge is 1.00 e. The van der Waals surface area contributed by atoms with Crippen molar-refractivity contribution >= 4 is 17.4 Å². The summed E-state index contributed by atoms with van der Waals surface area (Å²) in [6, 6.07) is 5.85. The monoisotopic (exact) mass is 311 g/mol. The van der Waals surface area contributed by atoms with Gasteiger partial charge in [0, 0.05) is 0 Å². The molecule has 0 radical (unpaired) electrons. The Bertz CT molecular complexity index is 670. The molecule has 2 aliphatic rings. The van der Waals surface area contributed by atoms with Crippen molar-refractivity contribution in [1.29, 1.82) is 0 Å². The van der Waals surface area contributed by atoms with Crippen LogP contribution in [0.1, 0.15) is 18.9 Å². The minimum absolute atomic E-state index is 0. The van der Waals surface area contributed by atoms with E-state index >= 15 is 0 Å². The van der Waals surface area contributed by atoms with Crippen molar-refractivity contribution in [2.45, 2.75) is 25.5 Å². The van der Waals surface area contributed by atoms with Crippen LogP contribution in [0.25, 0.3) is 5.57 Å². The molecule has 1 aromatic rings. The van der Waals surface area contributed by atoms with E-state index in [2.05, 4.69) is 0 Å². The third kappa shape index (κ3) is 2.46. The molecule has 22 heavy (non-hydrogen) atoms. The predicted octanol–water partition coefficient (Wildman–Crippen LogP) is -3.53. The summed E-state index contributed by atoms with van der Waals surface area (Å²) in [5.41, 5.74) is 0.834. The van der Waals surface area contributed by atoms with Gasteiger partial charge in [0.05, 0.1) is 29.7 Å². The maximum atomic E-state index is 12.0. The number of carbonyl (C=O) groups is 2. The summed E-state index contributed by atoms with van der Waals surface area (Å²) in [4.78, 5) is 24.6. The zero-order chi connectivity index (χ0) is 15.3. The Kier molecular flexibility index (Phi) is 4.67. The number of β-lactam (4-membered cyclic amide) rings is 1. The van der Waals surface area contributed by atoms with Crippen molar-refractivity contribution in [2.24, 2.45) is 5.92 Å². The molecule has 0 saturated carbocycles. The zero-order valence-electron chi connectivity index (χ0n) is 12.3. The Labute approximate surface area is 149 Å². The number of hydrogen-bond donors (Lipinski definition) is 2. The molecule has 0 aromatic heterocycles. The maximum absolute atomic E-state index is 12.0. The van der Waals surface area contributed by atoms with Crippen LogP contribution in [0, 0.1) is 5.92 Å². The van der Waals surface area contributed by atoms with Gasteiger partial charge >= 0.3 is 29.6 Å². The van der Waals surface area contributed by atoms with E-state index in [1.807, 2.05) is 0 Å². The fraction of sp³-hybridized carbons (Fsp3) is 0.333. The minimum Gasteiger partial charge on any atom is -0.543 e. The Hall–Kier alpha value is -1.34. The first kappa shape index (κ1) is 17.0. The number of amides is 1. The number of carboxylic acids is 1. The summed E-state index contributed by atoms with van der Waals surface area (Å²) in [7, 11) is 0. The first-order valence-corrected chi connectivity index (χ1v) is 6.67. The molecule has 2 heterocycles. The average molecular weight is 311 g/mol. The molecule has 0 aliphatic carbocycles. The minimum atomic E-state index is -1.42. The molecule has 2 aliphatic heterocycles. The van der Waals surface area contributed by atoms with Gasteiger partial charge in [-0.05, 0) is 36.6 Å². The van der Waals surface area contributed by atoms with Gasteiger partial charge in [0.1, 0.15) is 5.75 Å². The molecule has 1 saturated heterocycles. The molecular formula is C15H14NNaO5. The number of nitrogens with zero attached hydrogens (tertiary/aromatic N) is 1. The van der Waals surface area contributed by atoms with Crippen molar-refractivity contribution in [2.75, 3.05) is 0 Å². The predicted molar refractivity (Wildman–Crippen MR) is 70.5 cm³/mol. The molecule has 1 fully saturated rings. The number of rotatable bonds is 3. The van der Waals surface area contributed by atoms with Crippen LogP contribution < -0.4 is 34.7 Å². The van der Waals surface area contributed by atoms with E-state index < -0.39 is 23.9 Å². The number of carboxylic acid groups (broad SMARTS) is 1. The summed E-state index contributed by atoms with van der Waals surface area (Å²) in [6.45, 7) is 1.52. The zero-order valence-corrected chi connectivity index (χ0v) is 14.3. The van der Waals surface area contributed by atoms with Crippen LogP contribution in [-0.2, 0) is 9.59 Å². The van der Waals surface area contributed by atoms with Gasteiger partial charge in [0.25, 0.3) is 0 Å². The molecule has 2 N–H and O–H groups in total. The molecule has 1 amide bonds. The number of hydrogen-bond acceptors (Lipinski definition) is 5. The molecule has 1 aromatic carbocycles. The van der Waals surface area contributed by atoms with Gasteiger partial charge in [-0.2, -0.15) is 0 Å². The van der Waals surface area contributed by atoms with Crippen LogP contribution in [0.4, 0.5) is 0 Å². The number of aliphatic hydroxyl groups is 1. The van der Waals surface area contributed by atoms with Gasteiger partial charge in [0.15, 0.2) is 0 Å². The molecule has 3 rings (SSSR count). The average Bonchev–Trinajstić information content (AvgIpc) is 2.73. The number of carbonyl (C=O) groups excluding carboxylic acids is 2. The summed E-state index contributed by atoms with van der Waals surface area (Å²) < 4.78 is 0. The van der Waals surface area contributed by atoms with E-state index in [4.69, 9.17) is 0 Å². The van der Waals surface area contributed by atoms with Crippen molar-refractivity contribution in [3.05, 3.63) is 35.5 Å². The Morgan fingerprint density at radius 2 is 2.14 bits per heavy atom. The fourth-order valence-electron chi connectivity index (χ4n) is 3.21. The van der Waals surface area contributed by atoms with Crippen LogP contribution >= 0.6 is 0 Å². The van der Waals surface area contributed by atoms with E-state index in [0.717, 1.165) is 0 Å². The van der Waals surface area contributed by atoms with Gasteiger partial charge < -0.3 is 25.0 Å². The Morgan fingerprint density at radius 3 is 2.68 bits per heavy atom. The van der Waals surface area contributed by atoms with Crippen molar-refractivity contribution in [3.8, 4) is 5.75 Å². The van der Waals surface area contributed by atoms with E-state index in [0.29, 0.717) is 17.6 Å². The third-order valence-electron chi connectivity index (χ3n) is 4.12. The van der Waals surface area contributed by atoms with Crippen LogP contribution in [0.2, 0.25) is 0 Å². The molecule has 0 bridgehead atoms. The molecule has 110 valence electrons. The first-order chi connectivity index (χ1) is 9.91. The molecule has 0 spiro atoms. The second-order valence-corrected chi connectivity index (χ2v) is 5.41. The number of benzene rings is 1. The van der Waals surface area contributed by atoms with Gasteiger partial charge in [-0.15, -0.1) is 0 Å². The van der Waals surface area contributed by atoms with E-state index in [1.165, 1.54) is 24.0 Å². The summed E-state index contributed by atoms with van der Waals surface area (Å²) >= 11 is 0. The number of fused-ring (bicyclic) bond motifs is 1. The van der Waals surface area contributed by atoms with Gasteiger partial charge in [0.2, 0.25) is 5.91 Å². The van der Waals surface area contributed by atoms with Crippen LogP contribution in [-0.4, -0.2) is 39.1 Å². The number of aliphatic carboxylic acids is 1. The Balaban J connectivity index is 0.00000176. The van der Waals surface area contributed by atoms with E-state index in [9.17, 15) is 24.9 Å². The SMILES string of the molecule is C[C@@H](O)[C@H]1C(=O)N2C(C(=O)[O-])=C(c3cccc(O)c3)C[C@H]12.[Na+]. The van der Waals surface area contributed by atoms with Gasteiger partial charge in [-0.3, -0.25) is 4.79 Å². The van der Waals surface area contributed by atoms with Gasteiger partial charge in [-0.25, -0.2) is 0 Å².